The maximum atomic E-state index is 12.8. The van der Waals surface area contributed by atoms with Crippen molar-refractivity contribution in [2.75, 3.05) is 39.3 Å². The van der Waals surface area contributed by atoms with Crippen molar-refractivity contribution in [2.24, 2.45) is 0 Å². The summed E-state index contributed by atoms with van der Waals surface area (Å²) >= 11 is 0. The van der Waals surface area contributed by atoms with Crippen molar-refractivity contribution >= 4 is 16.0 Å². The number of ether oxygens (including phenoxy) is 1. The maximum Gasteiger partial charge on any atom is 0.305 e. The van der Waals surface area contributed by atoms with Gasteiger partial charge in [0.2, 0.25) is 10.0 Å². The summed E-state index contributed by atoms with van der Waals surface area (Å²) in [4.78, 5) is 13.9. The predicted molar refractivity (Wildman–Crippen MR) is 102 cm³/mol. The van der Waals surface area contributed by atoms with E-state index in [1.807, 2.05) is 12.1 Å². The highest BCUT2D eigenvalue weighted by molar-refractivity contribution is 7.89. The van der Waals surface area contributed by atoms with Crippen LogP contribution in [-0.2, 0) is 19.6 Å². The van der Waals surface area contributed by atoms with Gasteiger partial charge in [-0.1, -0.05) is 26.0 Å². The summed E-state index contributed by atoms with van der Waals surface area (Å²) in [5.74, 6) is 0.212. The number of rotatable bonds is 8. The lowest BCUT2D eigenvalue weighted by Gasteiger charge is -2.34. The van der Waals surface area contributed by atoms with E-state index in [9.17, 15) is 13.2 Å². The second kappa shape index (κ2) is 9.48. The van der Waals surface area contributed by atoms with Gasteiger partial charge in [0.05, 0.1) is 11.5 Å². The van der Waals surface area contributed by atoms with Crippen molar-refractivity contribution < 1.29 is 17.9 Å². The van der Waals surface area contributed by atoms with Crippen LogP contribution in [0.2, 0.25) is 0 Å². The van der Waals surface area contributed by atoms with E-state index in [-0.39, 0.29) is 5.97 Å². The zero-order valence-corrected chi connectivity index (χ0v) is 16.8. The van der Waals surface area contributed by atoms with E-state index < -0.39 is 10.0 Å². The molecule has 0 radical (unpaired) electrons. The molecule has 7 heteroatoms. The summed E-state index contributed by atoms with van der Waals surface area (Å²) < 4.78 is 32.1. The van der Waals surface area contributed by atoms with Crippen molar-refractivity contribution in [1.29, 1.82) is 0 Å². The van der Waals surface area contributed by atoms with Crippen LogP contribution in [0.1, 0.15) is 45.1 Å². The Bertz CT molecular complexity index is 678. The van der Waals surface area contributed by atoms with Crippen molar-refractivity contribution in [3.63, 3.8) is 0 Å². The molecule has 0 saturated carbocycles. The van der Waals surface area contributed by atoms with Gasteiger partial charge in [0, 0.05) is 32.6 Å². The van der Waals surface area contributed by atoms with Gasteiger partial charge < -0.3 is 9.64 Å². The third-order valence-electron chi connectivity index (χ3n) is 4.68. The lowest BCUT2D eigenvalue weighted by atomic mass is 10.0. The van der Waals surface area contributed by atoms with E-state index in [1.54, 1.807) is 23.4 Å². The molecule has 1 saturated heterocycles. The van der Waals surface area contributed by atoms with Crippen molar-refractivity contribution in [3.05, 3.63) is 29.8 Å². The van der Waals surface area contributed by atoms with Crippen LogP contribution in [0, 0.1) is 0 Å². The Morgan fingerprint density at radius 1 is 1.12 bits per heavy atom. The van der Waals surface area contributed by atoms with E-state index in [0.29, 0.717) is 50.0 Å². The van der Waals surface area contributed by atoms with Gasteiger partial charge in [-0.25, -0.2) is 8.42 Å². The predicted octanol–water partition coefficient (Wildman–Crippen LogP) is 2.46. The van der Waals surface area contributed by atoms with E-state index in [2.05, 4.69) is 18.7 Å². The largest absolute Gasteiger partial charge is 0.466 e. The zero-order chi connectivity index (χ0) is 19.2. The minimum atomic E-state index is -3.44. The third kappa shape index (κ3) is 5.53. The fourth-order valence-corrected chi connectivity index (χ4v) is 4.47. The van der Waals surface area contributed by atoms with Crippen molar-refractivity contribution in [2.45, 2.75) is 44.4 Å². The quantitative estimate of drug-likeness (QED) is 0.646. The molecule has 0 atom stereocenters. The van der Waals surface area contributed by atoms with E-state index in [4.69, 9.17) is 4.74 Å². The maximum absolute atomic E-state index is 12.8. The molecule has 26 heavy (non-hydrogen) atoms. The number of piperazine rings is 1. The standard InChI is InChI=1S/C19H30N2O4S/c1-4-25-19(22)6-5-11-20-12-14-21(15-13-20)26(23,24)18-9-7-17(8-10-18)16(2)3/h7-10,16H,4-6,11-15H2,1-3H3. The van der Waals surface area contributed by atoms with Gasteiger partial charge in [-0.05, 0) is 43.5 Å². The molecule has 0 aromatic heterocycles. The van der Waals surface area contributed by atoms with Crippen LogP contribution < -0.4 is 0 Å². The topological polar surface area (TPSA) is 66.9 Å². The molecule has 0 unspecified atom stereocenters. The second-order valence-electron chi connectivity index (χ2n) is 6.88. The molecule has 1 aliphatic rings. The minimum Gasteiger partial charge on any atom is -0.466 e. The molecule has 6 nitrogen and oxygen atoms in total. The van der Waals surface area contributed by atoms with Crippen LogP contribution in [0.5, 0.6) is 0 Å². The van der Waals surface area contributed by atoms with Gasteiger partial charge >= 0.3 is 5.97 Å². The van der Waals surface area contributed by atoms with Gasteiger partial charge in [0.1, 0.15) is 0 Å². The van der Waals surface area contributed by atoms with E-state index in [0.717, 1.165) is 18.5 Å². The molecule has 0 aliphatic carbocycles. The molecule has 1 aromatic carbocycles. The van der Waals surface area contributed by atoms with Crippen LogP contribution in [-0.4, -0.2) is 62.9 Å². The number of hydrogen-bond donors (Lipinski definition) is 0. The van der Waals surface area contributed by atoms with Gasteiger partial charge in [-0.15, -0.1) is 0 Å². The first-order chi connectivity index (χ1) is 12.3. The lowest BCUT2D eigenvalue weighted by Crippen LogP contribution is -2.48. The fraction of sp³-hybridized carbons (Fsp3) is 0.632. The highest BCUT2D eigenvalue weighted by atomic mass is 32.2. The number of carbonyl (C=O) groups is 1. The van der Waals surface area contributed by atoms with Crippen molar-refractivity contribution in [1.82, 2.24) is 9.21 Å². The first kappa shape index (κ1) is 20.9. The summed E-state index contributed by atoms with van der Waals surface area (Å²) in [6, 6.07) is 7.19. The monoisotopic (exact) mass is 382 g/mol. The van der Waals surface area contributed by atoms with Crippen molar-refractivity contribution in [3.8, 4) is 0 Å². The molecule has 1 aromatic rings. The molecule has 146 valence electrons. The molecule has 0 N–H and O–H groups in total. The average Bonchev–Trinajstić information content (AvgIpc) is 2.62. The van der Waals surface area contributed by atoms with Crippen LogP contribution in [0.25, 0.3) is 0 Å². The van der Waals surface area contributed by atoms with Gasteiger partial charge in [0.15, 0.2) is 0 Å². The number of carbonyl (C=O) groups excluding carboxylic acids is 1. The number of hydrogen-bond acceptors (Lipinski definition) is 5. The molecule has 1 heterocycles. The van der Waals surface area contributed by atoms with E-state index >= 15 is 0 Å². The Morgan fingerprint density at radius 2 is 1.73 bits per heavy atom. The lowest BCUT2D eigenvalue weighted by molar-refractivity contribution is -0.143. The Hall–Kier alpha value is -1.44. The number of nitrogens with zero attached hydrogens (tertiary/aromatic N) is 2. The molecular weight excluding hydrogens is 352 g/mol. The second-order valence-corrected chi connectivity index (χ2v) is 8.82. The molecule has 0 bridgehead atoms. The van der Waals surface area contributed by atoms with Gasteiger partial charge in [0.25, 0.3) is 0 Å². The Morgan fingerprint density at radius 3 is 2.27 bits per heavy atom. The molecule has 2 rings (SSSR count). The smallest absolute Gasteiger partial charge is 0.305 e. The van der Waals surface area contributed by atoms with Crippen LogP contribution in [0.4, 0.5) is 0 Å². The number of benzene rings is 1. The third-order valence-corrected chi connectivity index (χ3v) is 6.59. The summed E-state index contributed by atoms with van der Waals surface area (Å²) in [6.07, 6.45) is 1.15. The van der Waals surface area contributed by atoms with Crippen LogP contribution >= 0.6 is 0 Å². The Labute approximate surface area is 157 Å². The number of sulfonamides is 1. The molecular formula is C19H30N2O4S. The summed E-state index contributed by atoms with van der Waals surface area (Å²) in [7, 11) is -3.44. The summed E-state index contributed by atoms with van der Waals surface area (Å²) in [6.45, 7) is 9.51. The molecule has 1 fully saturated rings. The average molecular weight is 383 g/mol. The van der Waals surface area contributed by atoms with Gasteiger partial charge in [-0.3, -0.25) is 4.79 Å². The van der Waals surface area contributed by atoms with Gasteiger partial charge in [-0.2, -0.15) is 4.31 Å². The normalized spacial score (nSPS) is 16.8. The first-order valence-electron chi connectivity index (χ1n) is 9.32. The SMILES string of the molecule is CCOC(=O)CCCN1CCN(S(=O)(=O)c2ccc(C(C)C)cc2)CC1. The number of esters is 1. The first-order valence-corrected chi connectivity index (χ1v) is 10.8. The fourth-order valence-electron chi connectivity index (χ4n) is 3.05. The molecule has 0 amide bonds. The Kier molecular flexibility index (Phi) is 7.61. The summed E-state index contributed by atoms with van der Waals surface area (Å²) in [5, 5.41) is 0. The van der Waals surface area contributed by atoms with E-state index in [1.165, 1.54) is 0 Å². The highest BCUT2D eigenvalue weighted by Crippen LogP contribution is 2.21. The highest BCUT2D eigenvalue weighted by Gasteiger charge is 2.28. The Balaban J connectivity index is 1.85. The van der Waals surface area contributed by atoms with Crippen LogP contribution in [0.3, 0.4) is 0 Å². The zero-order valence-electron chi connectivity index (χ0n) is 16.0. The molecule has 0 spiro atoms. The van der Waals surface area contributed by atoms with Crippen LogP contribution in [0.15, 0.2) is 29.2 Å². The summed E-state index contributed by atoms with van der Waals surface area (Å²) in [5.41, 5.74) is 1.13. The minimum absolute atomic E-state index is 0.168. The molecule has 1 aliphatic heterocycles.